The van der Waals surface area contributed by atoms with Crippen LogP contribution in [0.5, 0.6) is 11.5 Å². The highest BCUT2D eigenvalue weighted by Gasteiger charge is 2.33. The molecule has 29 heavy (non-hydrogen) atoms. The molecule has 0 bridgehead atoms. The predicted octanol–water partition coefficient (Wildman–Crippen LogP) is 6.96. The molecule has 0 unspecified atom stereocenters. The van der Waals surface area contributed by atoms with Crippen molar-refractivity contribution in [2.75, 3.05) is 18.1 Å². The molecule has 0 radical (unpaired) electrons. The quantitative estimate of drug-likeness (QED) is 0.297. The predicted molar refractivity (Wildman–Crippen MR) is 129 cm³/mol. The van der Waals surface area contributed by atoms with Gasteiger partial charge in [0.15, 0.2) is 15.8 Å². The van der Waals surface area contributed by atoms with Crippen molar-refractivity contribution in [2.24, 2.45) is 0 Å². The lowest BCUT2D eigenvalue weighted by Gasteiger charge is -2.15. The molecular formula is C20H16BrCl2NO3S2. The Morgan fingerprint density at radius 1 is 1.14 bits per heavy atom. The van der Waals surface area contributed by atoms with Crippen LogP contribution in [0.3, 0.4) is 0 Å². The minimum absolute atomic E-state index is 0.221. The second-order valence-electron chi connectivity index (χ2n) is 5.81. The number of amides is 1. The largest absolute Gasteiger partial charge is 0.490 e. The van der Waals surface area contributed by atoms with Crippen LogP contribution < -0.4 is 14.4 Å². The molecule has 2 aromatic rings. The first-order valence-corrected chi connectivity index (χ1v) is 11.4. The molecule has 2 aromatic carbocycles. The fourth-order valence-electron chi connectivity index (χ4n) is 2.68. The van der Waals surface area contributed by atoms with Crippen molar-refractivity contribution in [3.8, 4) is 11.5 Å². The van der Waals surface area contributed by atoms with E-state index in [9.17, 15) is 4.79 Å². The summed E-state index contributed by atoms with van der Waals surface area (Å²) in [5.74, 6) is 1.02. The van der Waals surface area contributed by atoms with Crippen molar-refractivity contribution in [1.82, 2.24) is 0 Å². The van der Waals surface area contributed by atoms with Gasteiger partial charge in [-0.3, -0.25) is 9.69 Å². The van der Waals surface area contributed by atoms with Crippen molar-refractivity contribution in [2.45, 2.75) is 13.8 Å². The minimum Gasteiger partial charge on any atom is -0.490 e. The van der Waals surface area contributed by atoms with Crippen LogP contribution in [0.1, 0.15) is 19.4 Å². The van der Waals surface area contributed by atoms with E-state index in [-0.39, 0.29) is 5.91 Å². The Morgan fingerprint density at radius 2 is 1.86 bits per heavy atom. The number of ether oxygens (including phenoxy) is 2. The van der Waals surface area contributed by atoms with Gasteiger partial charge in [-0.25, -0.2) is 0 Å². The topological polar surface area (TPSA) is 38.8 Å². The Hall–Kier alpha value is -1.25. The molecule has 1 aliphatic heterocycles. The maximum absolute atomic E-state index is 13.0. The van der Waals surface area contributed by atoms with Crippen molar-refractivity contribution in [1.29, 1.82) is 0 Å². The number of carbonyl (C=O) groups is 1. The van der Waals surface area contributed by atoms with E-state index in [1.54, 1.807) is 24.3 Å². The molecule has 9 heteroatoms. The fourth-order valence-corrected chi connectivity index (χ4v) is 4.85. The Labute approximate surface area is 197 Å². The number of anilines is 1. The van der Waals surface area contributed by atoms with Gasteiger partial charge >= 0.3 is 0 Å². The summed E-state index contributed by atoms with van der Waals surface area (Å²) in [5, 5.41) is 0.776. The summed E-state index contributed by atoms with van der Waals surface area (Å²) >= 11 is 22.2. The highest BCUT2D eigenvalue weighted by molar-refractivity contribution is 9.10. The summed E-state index contributed by atoms with van der Waals surface area (Å²) in [6.45, 7) is 4.82. The zero-order chi connectivity index (χ0) is 21.1. The van der Waals surface area contributed by atoms with Crippen molar-refractivity contribution >= 4 is 85.1 Å². The normalized spacial score (nSPS) is 15.3. The number of hydrogen-bond donors (Lipinski definition) is 0. The van der Waals surface area contributed by atoms with E-state index in [2.05, 4.69) is 15.9 Å². The first-order valence-electron chi connectivity index (χ1n) is 8.67. The van der Waals surface area contributed by atoms with Crippen molar-refractivity contribution in [3.05, 3.63) is 55.3 Å². The van der Waals surface area contributed by atoms with Crippen LogP contribution in [0.2, 0.25) is 10.0 Å². The van der Waals surface area contributed by atoms with Gasteiger partial charge in [-0.2, -0.15) is 0 Å². The number of halogens is 3. The van der Waals surface area contributed by atoms with Crippen molar-refractivity contribution in [3.63, 3.8) is 0 Å². The van der Waals surface area contributed by atoms with E-state index in [4.69, 9.17) is 44.9 Å². The molecule has 0 aliphatic carbocycles. The molecule has 4 nitrogen and oxygen atoms in total. The Bertz CT molecular complexity index is 1010. The summed E-state index contributed by atoms with van der Waals surface area (Å²) in [5.41, 5.74) is 1.37. The summed E-state index contributed by atoms with van der Waals surface area (Å²) < 4.78 is 12.5. The minimum atomic E-state index is -0.221. The van der Waals surface area contributed by atoms with Crippen LogP contribution in [0.15, 0.2) is 39.7 Å². The van der Waals surface area contributed by atoms with Crippen molar-refractivity contribution < 1.29 is 14.3 Å². The number of thiocarbonyl (C=S) groups is 1. The van der Waals surface area contributed by atoms with Gasteiger partial charge in [0.25, 0.3) is 5.91 Å². The van der Waals surface area contributed by atoms with Gasteiger partial charge in [0.05, 0.1) is 38.3 Å². The van der Waals surface area contributed by atoms with Crippen LogP contribution in [-0.4, -0.2) is 23.4 Å². The fraction of sp³-hybridized carbons (Fsp3) is 0.200. The molecule has 152 valence electrons. The molecule has 1 heterocycles. The van der Waals surface area contributed by atoms with E-state index in [0.717, 1.165) is 10.0 Å². The number of carbonyl (C=O) groups excluding carboxylic acids is 1. The lowest BCUT2D eigenvalue weighted by molar-refractivity contribution is -0.113. The second-order valence-corrected chi connectivity index (χ2v) is 9.16. The Balaban J connectivity index is 1.95. The zero-order valence-electron chi connectivity index (χ0n) is 15.5. The average molecular weight is 533 g/mol. The second kappa shape index (κ2) is 9.71. The number of benzene rings is 2. The highest BCUT2D eigenvalue weighted by atomic mass is 79.9. The molecule has 0 N–H and O–H groups in total. The molecule has 0 aromatic heterocycles. The van der Waals surface area contributed by atoms with Gasteiger partial charge in [0, 0.05) is 0 Å². The van der Waals surface area contributed by atoms with Gasteiger partial charge in [-0.05, 0) is 71.7 Å². The Kier molecular flexibility index (Phi) is 7.51. The summed E-state index contributed by atoms with van der Waals surface area (Å²) in [4.78, 5) is 14.9. The van der Waals surface area contributed by atoms with Gasteiger partial charge in [0.1, 0.15) is 0 Å². The molecule has 1 fully saturated rings. The van der Waals surface area contributed by atoms with E-state index >= 15 is 0 Å². The standard InChI is InChI=1S/C20H16BrCl2NO3S2/c1-3-26-16-8-11(7-13(21)18(16)27-4-2)9-17-19(25)24(20(28)29-17)12-5-6-14(22)15(23)10-12/h5-10H,3-4H2,1-2H3/b17-9-. The molecule has 0 atom stereocenters. The molecule has 0 saturated carbocycles. The van der Waals surface area contributed by atoms with E-state index in [0.29, 0.717) is 49.7 Å². The van der Waals surface area contributed by atoms with Crippen LogP contribution in [0.4, 0.5) is 5.69 Å². The summed E-state index contributed by atoms with van der Waals surface area (Å²) in [6.07, 6.45) is 1.78. The first kappa shape index (κ1) is 22.4. The maximum atomic E-state index is 13.0. The molecule has 3 rings (SSSR count). The lowest BCUT2D eigenvalue weighted by atomic mass is 10.1. The zero-order valence-corrected chi connectivity index (χ0v) is 20.2. The number of rotatable bonds is 6. The van der Waals surface area contributed by atoms with Gasteiger partial charge < -0.3 is 9.47 Å². The lowest BCUT2D eigenvalue weighted by Crippen LogP contribution is -2.27. The monoisotopic (exact) mass is 531 g/mol. The van der Waals surface area contributed by atoms with Crippen LogP contribution >= 0.6 is 63.1 Å². The van der Waals surface area contributed by atoms with Crippen LogP contribution in [0, 0.1) is 0 Å². The summed E-state index contributed by atoms with van der Waals surface area (Å²) in [7, 11) is 0. The molecule has 0 spiro atoms. The Morgan fingerprint density at radius 3 is 2.52 bits per heavy atom. The van der Waals surface area contributed by atoms with E-state index < -0.39 is 0 Å². The SMILES string of the molecule is CCOc1cc(/C=C2\SC(=S)N(c3ccc(Cl)c(Cl)c3)C2=O)cc(Br)c1OCC. The third-order valence-electron chi connectivity index (χ3n) is 3.87. The number of thioether (sulfide) groups is 1. The van der Waals surface area contributed by atoms with Gasteiger partial charge in [-0.1, -0.05) is 47.2 Å². The third-order valence-corrected chi connectivity index (χ3v) is 6.50. The molecular weight excluding hydrogens is 517 g/mol. The number of hydrogen-bond acceptors (Lipinski definition) is 5. The number of nitrogens with zero attached hydrogens (tertiary/aromatic N) is 1. The van der Waals surface area contributed by atoms with Gasteiger partial charge in [0.2, 0.25) is 0 Å². The summed E-state index contributed by atoms with van der Waals surface area (Å²) in [6, 6.07) is 8.68. The van der Waals surface area contributed by atoms with Crippen LogP contribution in [0.25, 0.3) is 6.08 Å². The maximum Gasteiger partial charge on any atom is 0.270 e. The van der Waals surface area contributed by atoms with E-state index in [1.165, 1.54) is 16.7 Å². The third kappa shape index (κ3) is 4.91. The van der Waals surface area contributed by atoms with Gasteiger partial charge in [-0.15, -0.1) is 0 Å². The van der Waals surface area contributed by atoms with Crippen LogP contribution in [-0.2, 0) is 4.79 Å². The molecule has 1 saturated heterocycles. The smallest absolute Gasteiger partial charge is 0.270 e. The van der Waals surface area contributed by atoms with E-state index in [1.807, 2.05) is 26.0 Å². The first-order chi connectivity index (χ1) is 13.8. The average Bonchev–Trinajstić information content (AvgIpc) is 2.94. The molecule has 1 aliphatic rings. The molecule has 1 amide bonds. The highest BCUT2D eigenvalue weighted by Crippen LogP contribution is 2.41.